The molecule has 0 radical (unpaired) electrons. The van der Waals surface area contributed by atoms with Gasteiger partial charge in [-0.1, -0.05) is 48.9 Å². The van der Waals surface area contributed by atoms with Crippen LogP contribution in [0.25, 0.3) is 5.52 Å². The molecule has 0 aliphatic heterocycles. The zero-order valence-corrected chi connectivity index (χ0v) is 20.4. The van der Waals surface area contributed by atoms with Gasteiger partial charge in [0, 0.05) is 17.9 Å². The van der Waals surface area contributed by atoms with Crippen molar-refractivity contribution in [3.05, 3.63) is 98.7 Å². The first-order chi connectivity index (χ1) is 16.8. The molecule has 4 aromatic rings. The topological polar surface area (TPSA) is 97.5 Å². The van der Waals surface area contributed by atoms with Crippen molar-refractivity contribution in [2.24, 2.45) is 0 Å². The van der Waals surface area contributed by atoms with Crippen LogP contribution in [-0.2, 0) is 24.3 Å². The lowest BCUT2D eigenvalue weighted by atomic mass is 10.1. The number of aromatic nitrogens is 3. The van der Waals surface area contributed by atoms with E-state index in [0.29, 0.717) is 34.6 Å². The van der Waals surface area contributed by atoms with Crippen molar-refractivity contribution in [1.29, 1.82) is 0 Å². The van der Waals surface area contributed by atoms with Crippen LogP contribution in [0.3, 0.4) is 0 Å². The van der Waals surface area contributed by atoms with Crippen molar-refractivity contribution in [1.82, 2.24) is 19.5 Å². The van der Waals surface area contributed by atoms with Gasteiger partial charge in [-0.3, -0.25) is 18.8 Å². The molecule has 0 saturated carbocycles. The monoisotopic (exact) mass is 471 g/mol. The maximum absolute atomic E-state index is 13.2. The third-order valence-corrected chi connectivity index (χ3v) is 6.18. The molecule has 0 fully saturated rings. The molecule has 0 unspecified atom stereocenters. The van der Waals surface area contributed by atoms with E-state index in [2.05, 4.69) is 22.7 Å². The number of anilines is 1. The Hall–Kier alpha value is -4.20. The number of nitrogens with zero attached hydrogens (tertiary/aromatic N) is 3. The summed E-state index contributed by atoms with van der Waals surface area (Å²) < 4.78 is 2.72. The molecule has 0 atom stereocenters. The Balaban J connectivity index is 1.54. The molecule has 0 spiro atoms. The van der Waals surface area contributed by atoms with Crippen molar-refractivity contribution in [2.45, 2.75) is 47.2 Å². The maximum Gasteiger partial charge on any atom is 0.291 e. The van der Waals surface area contributed by atoms with Crippen LogP contribution in [0.2, 0.25) is 0 Å². The standard InChI is InChI=1S/C27H29N5O3/c1-5-20-10-12-22(13-11-20)30-23(33)15-32-27(35)25-18(3)24(19(4)31(25)16-29-32)26(34)28-14-21-8-6-17(2)7-9-21/h6-13,16H,5,14-15H2,1-4H3,(H,28,34)(H,30,33). The third-order valence-electron chi connectivity index (χ3n) is 6.18. The van der Waals surface area contributed by atoms with Crippen LogP contribution in [-0.4, -0.2) is 26.0 Å². The molecule has 8 nitrogen and oxygen atoms in total. The fourth-order valence-corrected chi connectivity index (χ4v) is 4.14. The van der Waals surface area contributed by atoms with E-state index in [-0.39, 0.29) is 18.4 Å². The number of amides is 2. The first-order valence-corrected chi connectivity index (χ1v) is 11.6. The second kappa shape index (κ2) is 9.97. The molecule has 2 N–H and O–H groups in total. The number of fused-ring (bicyclic) bond motifs is 1. The van der Waals surface area contributed by atoms with Gasteiger partial charge >= 0.3 is 0 Å². The van der Waals surface area contributed by atoms with Crippen LogP contribution >= 0.6 is 0 Å². The third kappa shape index (κ3) is 5.01. The van der Waals surface area contributed by atoms with Crippen molar-refractivity contribution >= 4 is 23.0 Å². The van der Waals surface area contributed by atoms with Crippen LogP contribution in [0.5, 0.6) is 0 Å². The summed E-state index contributed by atoms with van der Waals surface area (Å²) >= 11 is 0. The average molecular weight is 472 g/mol. The Morgan fingerprint density at radius 3 is 2.26 bits per heavy atom. The Bertz CT molecular complexity index is 1450. The molecule has 180 valence electrons. The van der Waals surface area contributed by atoms with E-state index in [1.54, 1.807) is 18.2 Å². The predicted octanol–water partition coefficient (Wildman–Crippen LogP) is 3.55. The number of rotatable bonds is 7. The van der Waals surface area contributed by atoms with Gasteiger partial charge in [0.25, 0.3) is 11.5 Å². The zero-order valence-electron chi connectivity index (χ0n) is 20.4. The number of nitrogens with one attached hydrogen (secondary N) is 2. The van der Waals surface area contributed by atoms with E-state index in [9.17, 15) is 14.4 Å². The van der Waals surface area contributed by atoms with E-state index < -0.39 is 5.56 Å². The summed E-state index contributed by atoms with van der Waals surface area (Å²) in [5.41, 5.74) is 5.48. The lowest BCUT2D eigenvalue weighted by Crippen LogP contribution is -2.30. The molecule has 0 bridgehead atoms. The van der Waals surface area contributed by atoms with Gasteiger partial charge in [-0.2, -0.15) is 5.10 Å². The number of carbonyl (C=O) groups excluding carboxylic acids is 2. The highest BCUT2D eigenvalue weighted by molar-refractivity contribution is 5.99. The molecule has 2 aromatic carbocycles. The van der Waals surface area contributed by atoms with Gasteiger partial charge in [-0.25, -0.2) is 4.68 Å². The minimum Gasteiger partial charge on any atom is -0.348 e. The normalized spacial score (nSPS) is 11.0. The van der Waals surface area contributed by atoms with E-state index in [1.807, 2.05) is 55.5 Å². The Morgan fingerprint density at radius 1 is 0.943 bits per heavy atom. The molecule has 8 heteroatoms. The van der Waals surface area contributed by atoms with E-state index in [1.165, 1.54) is 11.9 Å². The van der Waals surface area contributed by atoms with E-state index in [0.717, 1.165) is 22.2 Å². The molecule has 0 aliphatic carbocycles. The summed E-state index contributed by atoms with van der Waals surface area (Å²) in [5, 5.41) is 9.89. The fraction of sp³-hybridized carbons (Fsp3) is 0.259. The molecule has 0 saturated heterocycles. The van der Waals surface area contributed by atoms with Gasteiger partial charge in [0.2, 0.25) is 5.91 Å². The van der Waals surface area contributed by atoms with Gasteiger partial charge in [0.1, 0.15) is 18.4 Å². The highest BCUT2D eigenvalue weighted by atomic mass is 16.2. The predicted molar refractivity (Wildman–Crippen MR) is 136 cm³/mol. The lowest BCUT2D eigenvalue weighted by Gasteiger charge is -2.08. The minimum absolute atomic E-state index is 0.233. The van der Waals surface area contributed by atoms with Gasteiger partial charge in [0.05, 0.1) is 5.56 Å². The molecule has 35 heavy (non-hydrogen) atoms. The number of hydrogen-bond donors (Lipinski definition) is 2. The molecule has 4 rings (SSSR count). The molecule has 2 amide bonds. The molecule has 2 aromatic heterocycles. The molecular formula is C27H29N5O3. The largest absolute Gasteiger partial charge is 0.348 e. The summed E-state index contributed by atoms with van der Waals surface area (Å²) in [7, 11) is 0. The first-order valence-electron chi connectivity index (χ1n) is 11.6. The smallest absolute Gasteiger partial charge is 0.291 e. The number of hydrogen-bond acceptors (Lipinski definition) is 4. The Labute approximate surface area is 203 Å². The lowest BCUT2D eigenvalue weighted by molar-refractivity contribution is -0.117. The van der Waals surface area contributed by atoms with Crippen molar-refractivity contribution < 1.29 is 9.59 Å². The average Bonchev–Trinajstić information content (AvgIpc) is 3.11. The summed E-state index contributed by atoms with van der Waals surface area (Å²) in [5.74, 6) is -0.617. The summed E-state index contributed by atoms with van der Waals surface area (Å²) in [6.07, 6.45) is 2.38. The SMILES string of the molecule is CCc1ccc(NC(=O)Cn2ncn3c(C)c(C(=O)NCc4ccc(C)cc4)c(C)c3c2=O)cc1. The second-order valence-electron chi connectivity index (χ2n) is 8.66. The minimum atomic E-state index is -0.429. The van der Waals surface area contributed by atoms with Crippen LogP contribution < -0.4 is 16.2 Å². The van der Waals surface area contributed by atoms with Gasteiger partial charge in [-0.05, 0) is 56.0 Å². The van der Waals surface area contributed by atoms with Crippen LogP contribution in [0.1, 0.15) is 45.2 Å². The summed E-state index contributed by atoms with van der Waals surface area (Å²) in [6.45, 7) is 7.74. The van der Waals surface area contributed by atoms with E-state index >= 15 is 0 Å². The van der Waals surface area contributed by atoms with Crippen molar-refractivity contribution in [3.8, 4) is 0 Å². The van der Waals surface area contributed by atoms with Gasteiger partial charge < -0.3 is 10.6 Å². The first kappa shape index (κ1) is 23.9. The maximum atomic E-state index is 13.2. The van der Waals surface area contributed by atoms with Crippen LogP contribution in [0.15, 0.2) is 59.7 Å². The molecule has 2 heterocycles. The quantitative estimate of drug-likeness (QED) is 0.431. The molecular weight excluding hydrogens is 442 g/mol. The van der Waals surface area contributed by atoms with Crippen LogP contribution in [0.4, 0.5) is 5.69 Å². The number of carbonyl (C=O) groups is 2. The Kier molecular flexibility index (Phi) is 6.82. The summed E-state index contributed by atoms with van der Waals surface area (Å²) in [6, 6.07) is 15.5. The number of aryl methyl sites for hydroxylation is 4. The van der Waals surface area contributed by atoms with Crippen molar-refractivity contribution in [3.63, 3.8) is 0 Å². The van der Waals surface area contributed by atoms with Gasteiger partial charge in [0.15, 0.2) is 0 Å². The Morgan fingerprint density at radius 2 is 1.60 bits per heavy atom. The highest BCUT2D eigenvalue weighted by Gasteiger charge is 2.22. The van der Waals surface area contributed by atoms with Gasteiger partial charge in [-0.15, -0.1) is 0 Å². The molecule has 0 aliphatic rings. The fourth-order valence-electron chi connectivity index (χ4n) is 4.14. The van der Waals surface area contributed by atoms with Crippen molar-refractivity contribution in [2.75, 3.05) is 5.32 Å². The van der Waals surface area contributed by atoms with Crippen LogP contribution in [0, 0.1) is 20.8 Å². The number of benzene rings is 2. The zero-order chi connectivity index (χ0) is 25.1. The highest BCUT2D eigenvalue weighted by Crippen LogP contribution is 2.20. The summed E-state index contributed by atoms with van der Waals surface area (Å²) in [4.78, 5) is 38.7. The second-order valence-corrected chi connectivity index (χ2v) is 8.66. The van der Waals surface area contributed by atoms with E-state index in [4.69, 9.17) is 0 Å².